The molecule has 3 N–H and O–H groups in total. The molecule has 98 valence electrons. The van der Waals surface area contributed by atoms with E-state index >= 15 is 0 Å². The van der Waals surface area contributed by atoms with Gasteiger partial charge in [-0.25, -0.2) is 0 Å². The van der Waals surface area contributed by atoms with Gasteiger partial charge in [-0.2, -0.15) is 0 Å². The van der Waals surface area contributed by atoms with Gasteiger partial charge in [0.05, 0.1) is 5.41 Å². The summed E-state index contributed by atoms with van der Waals surface area (Å²) in [6.45, 7) is 4.28. The van der Waals surface area contributed by atoms with Gasteiger partial charge >= 0.3 is 0 Å². The lowest BCUT2D eigenvalue weighted by molar-refractivity contribution is -0.123. The Labute approximate surface area is 113 Å². The van der Waals surface area contributed by atoms with Crippen LogP contribution in [0.1, 0.15) is 32.3 Å². The molecule has 18 heavy (non-hydrogen) atoms. The average molecular weight is 267 g/mol. The predicted octanol–water partition coefficient (Wildman–Crippen LogP) is 2.23. The fourth-order valence-corrected chi connectivity index (χ4v) is 2.14. The van der Waals surface area contributed by atoms with Gasteiger partial charge in [-0.3, -0.25) is 4.79 Å². The Balaban J connectivity index is 2.07. The molecule has 1 aromatic carbocycles. The van der Waals surface area contributed by atoms with Crippen LogP contribution in [0, 0.1) is 0 Å². The zero-order valence-electron chi connectivity index (χ0n) is 10.8. The van der Waals surface area contributed by atoms with Gasteiger partial charge < -0.3 is 11.1 Å². The summed E-state index contributed by atoms with van der Waals surface area (Å²) in [5.41, 5.74) is 6.18. The SMILES string of the molecule is CC(C)(N)CNC(=O)C1(c2ccc(Cl)cc2)CC1. The Morgan fingerprint density at radius 3 is 2.39 bits per heavy atom. The van der Waals surface area contributed by atoms with Crippen molar-refractivity contribution in [2.24, 2.45) is 5.73 Å². The van der Waals surface area contributed by atoms with Gasteiger partial charge in [-0.15, -0.1) is 0 Å². The lowest BCUT2D eigenvalue weighted by Gasteiger charge is -2.22. The third kappa shape index (κ3) is 2.85. The molecule has 0 aromatic heterocycles. The molecule has 0 spiro atoms. The van der Waals surface area contributed by atoms with Crippen LogP contribution >= 0.6 is 11.6 Å². The van der Waals surface area contributed by atoms with Gasteiger partial charge in [0, 0.05) is 17.1 Å². The number of carbonyl (C=O) groups is 1. The van der Waals surface area contributed by atoms with Gasteiger partial charge in [0.2, 0.25) is 5.91 Å². The maximum absolute atomic E-state index is 12.3. The van der Waals surface area contributed by atoms with E-state index in [0.29, 0.717) is 11.6 Å². The van der Waals surface area contributed by atoms with E-state index < -0.39 is 0 Å². The number of amides is 1. The van der Waals surface area contributed by atoms with Crippen LogP contribution in [-0.4, -0.2) is 18.0 Å². The first-order valence-corrected chi connectivity index (χ1v) is 6.55. The molecular weight excluding hydrogens is 248 g/mol. The molecule has 4 heteroatoms. The minimum Gasteiger partial charge on any atom is -0.354 e. The summed E-state index contributed by atoms with van der Waals surface area (Å²) in [6, 6.07) is 7.53. The van der Waals surface area contributed by atoms with Crippen LogP contribution < -0.4 is 11.1 Å². The monoisotopic (exact) mass is 266 g/mol. The number of carbonyl (C=O) groups excluding carboxylic acids is 1. The van der Waals surface area contributed by atoms with E-state index in [0.717, 1.165) is 18.4 Å². The van der Waals surface area contributed by atoms with Gasteiger partial charge in [0.25, 0.3) is 0 Å². The van der Waals surface area contributed by atoms with Crippen molar-refractivity contribution in [2.75, 3.05) is 6.54 Å². The molecule has 0 saturated heterocycles. The first kappa shape index (κ1) is 13.4. The van der Waals surface area contributed by atoms with Gasteiger partial charge in [0.1, 0.15) is 0 Å². The van der Waals surface area contributed by atoms with Crippen LogP contribution in [0.25, 0.3) is 0 Å². The van der Waals surface area contributed by atoms with Crippen molar-refractivity contribution in [1.82, 2.24) is 5.32 Å². The van der Waals surface area contributed by atoms with Crippen LogP contribution in [0.15, 0.2) is 24.3 Å². The normalized spacial score (nSPS) is 17.3. The van der Waals surface area contributed by atoms with E-state index in [-0.39, 0.29) is 16.9 Å². The second-order valence-corrected chi connectivity index (χ2v) is 6.20. The zero-order valence-corrected chi connectivity index (χ0v) is 11.6. The highest BCUT2D eigenvalue weighted by Crippen LogP contribution is 2.48. The molecule has 0 radical (unpaired) electrons. The van der Waals surface area contributed by atoms with Crippen molar-refractivity contribution in [3.05, 3.63) is 34.9 Å². The largest absolute Gasteiger partial charge is 0.354 e. The molecule has 1 aliphatic rings. The summed E-state index contributed by atoms with van der Waals surface area (Å²) >= 11 is 5.87. The minimum atomic E-state index is -0.383. The molecule has 0 atom stereocenters. The average Bonchev–Trinajstić information content (AvgIpc) is 3.07. The molecule has 0 unspecified atom stereocenters. The molecular formula is C14H19ClN2O. The van der Waals surface area contributed by atoms with Gasteiger partial charge in [-0.05, 0) is 44.4 Å². The summed E-state index contributed by atoms with van der Waals surface area (Å²) in [7, 11) is 0. The van der Waals surface area contributed by atoms with Crippen molar-refractivity contribution >= 4 is 17.5 Å². The van der Waals surface area contributed by atoms with Crippen molar-refractivity contribution < 1.29 is 4.79 Å². The molecule has 3 nitrogen and oxygen atoms in total. The number of benzene rings is 1. The van der Waals surface area contributed by atoms with Gasteiger partial charge in [0.15, 0.2) is 0 Å². The smallest absolute Gasteiger partial charge is 0.230 e. The number of hydrogen-bond donors (Lipinski definition) is 2. The first-order valence-electron chi connectivity index (χ1n) is 6.17. The Morgan fingerprint density at radius 2 is 1.94 bits per heavy atom. The highest BCUT2D eigenvalue weighted by molar-refractivity contribution is 6.30. The molecule has 0 heterocycles. The molecule has 1 aliphatic carbocycles. The van der Waals surface area contributed by atoms with Crippen molar-refractivity contribution in [2.45, 2.75) is 37.6 Å². The van der Waals surface area contributed by atoms with Crippen LogP contribution in [0.2, 0.25) is 5.02 Å². The lowest BCUT2D eigenvalue weighted by atomic mass is 9.94. The van der Waals surface area contributed by atoms with Crippen LogP contribution in [0.5, 0.6) is 0 Å². The summed E-state index contributed by atoms with van der Waals surface area (Å²) in [4.78, 5) is 12.3. The number of hydrogen-bond acceptors (Lipinski definition) is 2. The van der Waals surface area contributed by atoms with Crippen LogP contribution in [0.3, 0.4) is 0 Å². The predicted molar refractivity (Wildman–Crippen MR) is 73.6 cm³/mol. The maximum Gasteiger partial charge on any atom is 0.230 e. The Morgan fingerprint density at radius 1 is 1.39 bits per heavy atom. The quantitative estimate of drug-likeness (QED) is 0.878. The van der Waals surface area contributed by atoms with E-state index in [4.69, 9.17) is 17.3 Å². The summed E-state index contributed by atoms with van der Waals surface area (Å²) in [5, 5.41) is 3.63. The third-order valence-electron chi connectivity index (χ3n) is 3.29. The molecule has 1 fully saturated rings. The fraction of sp³-hybridized carbons (Fsp3) is 0.500. The molecule has 0 aliphatic heterocycles. The highest BCUT2D eigenvalue weighted by Gasteiger charge is 2.51. The first-order chi connectivity index (χ1) is 8.33. The summed E-state index contributed by atoms with van der Waals surface area (Å²) in [6.07, 6.45) is 1.79. The number of nitrogens with one attached hydrogen (secondary N) is 1. The lowest BCUT2D eigenvalue weighted by Crippen LogP contribution is -2.47. The summed E-state index contributed by atoms with van der Waals surface area (Å²) in [5.74, 6) is 0.0725. The van der Waals surface area contributed by atoms with E-state index in [9.17, 15) is 4.79 Å². The van der Waals surface area contributed by atoms with E-state index in [1.165, 1.54) is 0 Å². The Hall–Kier alpha value is -1.06. The van der Waals surface area contributed by atoms with Crippen molar-refractivity contribution in [1.29, 1.82) is 0 Å². The van der Waals surface area contributed by atoms with Crippen molar-refractivity contribution in [3.8, 4) is 0 Å². The number of halogens is 1. The highest BCUT2D eigenvalue weighted by atomic mass is 35.5. The standard InChI is InChI=1S/C14H19ClN2O/c1-13(2,16)9-17-12(18)14(7-8-14)10-3-5-11(15)6-4-10/h3-6H,7-9,16H2,1-2H3,(H,17,18). The Kier molecular flexibility index (Phi) is 3.39. The van der Waals surface area contributed by atoms with Crippen LogP contribution in [-0.2, 0) is 10.2 Å². The molecule has 1 amide bonds. The van der Waals surface area contributed by atoms with E-state index in [1.807, 2.05) is 38.1 Å². The second-order valence-electron chi connectivity index (χ2n) is 5.76. The maximum atomic E-state index is 12.3. The number of nitrogens with two attached hydrogens (primary N) is 1. The van der Waals surface area contributed by atoms with Crippen LogP contribution in [0.4, 0.5) is 0 Å². The molecule has 1 saturated carbocycles. The van der Waals surface area contributed by atoms with Gasteiger partial charge in [-0.1, -0.05) is 23.7 Å². The molecule has 1 aromatic rings. The molecule has 0 bridgehead atoms. The molecule has 2 rings (SSSR count). The Bertz CT molecular complexity index is 444. The second kappa shape index (κ2) is 4.56. The third-order valence-corrected chi connectivity index (χ3v) is 3.54. The topological polar surface area (TPSA) is 55.1 Å². The van der Waals surface area contributed by atoms with E-state index in [1.54, 1.807) is 0 Å². The number of rotatable bonds is 4. The minimum absolute atomic E-state index is 0.0725. The zero-order chi connectivity index (χ0) is 13.4. The summed E-state index contributed by atoms with van der Waals surface area (Å²) < 4.78 is 0. The van der Waals surface area contributed by atoms with E-state index in [2.05, 4.69) is 5.32 Å². The van der Waals surface area contributed by atoms with Crippen molar-refractivity contribution in [3.63, 3.8) is 0 Å². The fourth-order valence-electron chi connectivity index (χ4n) is 2.02.